The van der Waals surface area contributed by atoms with Crippen LogP contribution in [0.25, 0.3) is 0 Å². The van der Waals surface area contributed by atoms with Crippen LogP contribution in [0, 0.1) is 13.8 Å². The van der Waals surface area contributed by atoms with Crippen molar-refractivity contribution < 1.29 is 14.3 Å². The van der Waals surface area contributed by atoms with Gasteiger partial charge in [-0.3, -0.25) is 4.90 Å². The lowest BCUT2D eigenvalue weighted by molar-refractivity contribution is -0.0493. The third-order valence-electron chi connectivity index (χ3n) is 5.42. The van der Waals surface area contributed by atoms with E-state index in [0.29, 0.717) is 19.8 Å². The van der Waals surface area contributed by atoms with E-state index in [4.69, 9.17) is 9.47 Å². The lowest BCUT2D eigenvalue weighted by Gasteiger charge is -2.40. The molecule has 1 aliphatic rings. The Morgan fingerprint density at radius 2 is 1.83 bits per heavy atom. The summed E-state index contributed by atoms with van der Waals surface area (Å²) in [6.07, 6.45) is 3.48. The number of hydrogen-bond acceptors (Lipinski definition) is 3. The zero-order valence-electron chi connectivity index (χ0n) is 17.9. The molecule has 0 N–H and O–H groups in total. The van der Waals surface area contributed by atoms with E-state index < -0.39 is 0 Å². The van der Waals surface area contributed by atoms with Gasteiger partial charge in [0.25, 0.3) is 0 Å². The SMILES string of the molecule is CCCCOC(=O)N1CCCC(OCc2cc(C)cc(C)c2)C1c1ccccc1. The molecule has 1 fully saturated rings. The quantitative estimate of drug-likeness (QED) is 0.543. The van der Waals surface area contributed by atoms with Gasteiger partial charge in [0.05, 0.1) is 25.4 Å². The van der Waals surface area contributed by atoms with Crippen LogP contribution in [0.5, 0.6) is 0 Å². The van der Waals surface area contributed by atoms with E-state index in [2.05, 4.69) is 51.1 Å². The highest BCUT2D eigenvalue weighted by Gasteiger charge is 2.37. The van der Waals surface area contributed by atoms with Gasteiger partial charge in [0, 0.05) is 6.54 Å². The van der Waals surface area contributed by atoms with Crippen LogP contribution in [-0.2, 0) is 16.1 Å². The van der Waals surface area contributed by atoms with Crippen LogP contribution in [0.4, 0.5) is 4.79 Å². The first-order valence-corrected chi connectivity index (χ1v) is 10.8. The summed E-state index contributed by atoms with van der Waals surface area (Å²) in [6, 6.07) is 16.6. The number of carbonyl (C=O) groups excluding carboxylic acids is 1. The minimum Gasteiger partial charge on any atom is -0.449 e. The first-order chi connectivity index (χ1) is 14.1. The number of likely N-dealkylation sites (tertiary alicyclic amines) is 1. The number of benzene rings is 2. The zero-order valence-corrected chi connectivity index (χ0v) is 17.9. The molecular weight excluding hydrogens is 362 g/mol. The Balaban J connectivity index is 1.77. The molecule has 0 aromatic heterocycles. The summed E-state index contributed by atoms with van der Waals surface area (Å²) in [5.74, 6) is 0. The molecule has 1 amide bonds. The standard InChI is InChI=1S/C25H33NO3/c1-4-5-14-28-25(27)26-13-9-12-23(24(26)22-10-7-6-8-11-22)29-18-21-16-19(2)15-20(3)17-21/h6-8,10-11,15-17,23-24H,4-5,9,12-14,18H2,1-3H3. The lowest BCUT2D eigenvalue weighted by Crippen LogP contribution is -2.46. The highest BCUT2D eigenvalue weighted by Crippen LogP contribution is 2.34. The molecule has 1 saturated heterocycles. The second-order valence-electron chi connectivity index (χ2n) is 8.00. The molecular formula is C25H33NO3. The topological polar surface area (TPSA) is 38.8 Å². The van der Waals surface area contributed by atoms with Crippen molar-refractivity contribution in [1.82, 2.24) is 4.90 Å². The van der Waals surface area contributed by atoms with Gasteiger partial charge in [-0.1, -0.05) is 73.0 Å². The maximum atomic E-state index is 12.8. The minimum absolute atomic E-state index is 0.0503. The lowest BCUT2D eigenvalue weighted by atomic mass is 9.92. The molecule has 4 heteroatoms. The van der Waals surface area contributed by atoms with Crippen molar-refractivity contribution in [1.29, 1.82) is 0 Å². The van der Waals surface area contributed by atoms with Gasteiger partial charge in [-0.25, -0.2) is 4.79 Å². The molecule has 2 aromatic carbocycles. The number of unbranched alkanes of at least 4 members (excludes halogenated alkanes) is 1. The van der Waals surface area contributed by atoms with Crippen LogP contribution in [-0.4, -0.2) is 30.2 Å². The first-order valence-electron chi connectivity index (χ1n) is 10.8. The summed E-state index contributed by atoms with van der Waals surface area (Å²) in [5.41, 5.74) is 4.77. The number of carbonyl (C=O) groups is 1. The summed E-state index contributed by atoms with van der Waals surface area (Å²) in [5, 5.41) is 0. The fourth-order valence-electron chi connectivity index (χ4n) is 4.13. The van der Waals surface area contributed by atoms with E-state index in [1.807, 2.05) is 23.1 Å². The average Bonchev–Trinajstić information content (AvgIpc) is 2.72. The van der Waals surface area contributed by atoms with Crippen molar-refractivity contribution in [3.8, 4) is 0 Å². The molecule has 156 valence electrons. The summed E-state index contributed by atoms with van der Waals surface area (Å²) in [6.45, 7) is 8.04. The average molecular weight is 396 g/mol. The summed E-state index contributed by atoms with van der Waals surface area (Å²) < 4.78 is 12.0. The Morgan fingerprint density at radius 3 is 2.52 bits per heavy atom. The molecule has 0 saturated carbocycles. The second kappa shape index (κ2) is 10.4. The number of hydrogen-bond donors (Lipinski definition) is 0. The molecule has 2 atom stereocenters. The van der Waals surface area contributed by atoms with Crippen LogP contribution in [0.3, 0.4) is 0 Å². The van der Waals surface area contributed by atoms with Crippen molar-refractivity contribution in [2.75, 3.05) is 13.2 Å². The summed E-state index contributed by atoms with van der Waals surface area (Å²) >= 11 is 0. The van der Waals surface area contributed by atoms with Crippen LogP contribution in [0.15, 0.2) is 48.5 Å². The molecule has 3 rings (SSSR count). The summed E-state index contributed by atoms with van der Waals surface area (Å²) in [4.78, 5) is 14.7. The van der Waals surface area contributed by atoms with E-state index in [9.17, 15) is 4.79 Å². The van der Waals surface area contributed by atoms with Crippen molar-refractivity contribution in [2.24, 2.45) is 0 Å². The third kappa shape index (κ3) is 5.83. The van der Waals surface area contributed by atoms with E-state index in [0.717, 1.165) is 31.2 Å². The van der Waals surface area contributed by atoms with E-state index in [-0.39, 0.29) is 18.2 Å². The van der Waals surface area contributed by atoms with Crippen LogP contribution >= 0.6 is 0 Å². The normalized spacial score (nSPS) is 19.2. The molecule has 0 aliphatic carbocycles. The predicted octanol–water partition coefficient (Wildman–Crippen LogP) is 5.96. The highest BCUT2D eigenvalue weighted by molar-refractivity contribution is 5.68. The first kappa shape index (κ1) is 21.4. The van der Waals surface area contributed by atoms with Gasteiger partial charge in [-0.05, 0) is 44.2 Å². The van der Waals surface area contributed by atoms with Crippen molar-refractivity contribution in [3.05, 3.63) is 70.8 Å². The maximum absolute atomic E-state index is 12.8. The maximum Gasteiger partial charge on any atom is 0.410 e. The van der Waals surface area contributed by atoms with Crippen LogP contribution < -0.4 is 0 Å². The largest absolute Gasteiger partial charge is 0.449 e. The van der Waals surface area contributed by atoms with Crippen LogP contribution in [0.2, 0.25) is 0 Å². The molecule has 4 nitrogen and oxygen atoms in total. The molecule has 2 unspecified atom stereocenters. The van der Waals surface area contributed by atoms with Crippen molar-refractivity contribution >= 4 is 6.09 Å². The molecule has 0 spiro atoms. The highest BCUT2D eigenvalue weighted by atomic mass is 16.6. The smallest absolute Gasteiger partial charge is 0.410 e. The van der Waals surface area contributed by atoms with Gasteiger partial charge >= 0.3 is 6.09 Å². The van der Waals surface area contributed by atoms with Gasteiger partial charge in [-0.2, -0.15) is 0 Å². The molecule has 1 heterocycles. The zero-order chi connectivity index (χ0) is 20.6. The fourth-order valence-corrected chi connectivity index (χ4v) is 4.13. The molecule has 0 radical (unpaired) electrons. The van der Waals surface area contributed by atoms with Crippen molar-refractivity contribution in [2.45, 2.75) is 65.2 Å². The van der Waals surface area contributed by atoms with Gasteiger partial charge in [0.15, 0.2) is 0 Å². The molecule has 2 aromatic rings. The Bertz CT molecular complexity index is 770. The number of ether oxygens (including phenoxy) is 2. The number of nitrogens with zero attached hydrogens (tertiary/aromatic N) is 1. The number of amides is 1. The van der Waals surface area contributed by atoms with Crippen molar-refractivity contribution in [3.63, 3.8) is 0 Å². The van der Waals surface area contributed by atoms with Crippen LogP contribution in [0.1, 0.15) is 60.9 Å². The van der Waals surface area contributed by atoms with Gasteiger partial charge in [-0.15, -0.1) is 0 Å². The predicted molar refractivity (Wildman–Crippen MR) is 116 cm³/mol. The Kier molecular flexibility index (Phi) is 7.70. The van der Waals surface area contributed by atoms with E-state index in [1.54, 1.807) is 0 Å². The fraction of sp³-hybridized carbons (Fsp3) is 0.480. The van der Waals surface area contributed by atoms with Gasteiger partial charge in [0.1, 0.15) is 0 Å². The van der Waals surface area contributed by atoms with Gasteiger partial charge < -0.3 is 9.47 Å². The summed E-state index contributed by atoms with van der Waals surface area (Å²) in [7, 11) is 0. The van der Waals surface area contributed by atoms with E-state index >= 15 is 0 Å². The second-order valence-corrected chi connectivity index (χ2v) is 8.00. The monoisotopic (exact) mass is 395 g/mol. The molecule has 29 heavy (non-hydrogen) atoms. The number of aryl methyl sites for hydroxylation is 2. The van der Waals surface area contributed by atoms with Gasteiger partial charge in [0.2, 0.25) is 0 Å². The third-order valence-corrected chi connectivity index (χ3v) is 5.42. The number of piperidine rings is 1. The minimum atomic E-state index is -0.230. The Labute approximate surface area is 174 Å². The molecule has 1 aliphatic heterocycles. The Hall–Kier alpha value is -2.33. The van der Waals surface area contributed by atoms with E-state index in [1.165, 1.54) is 16.7 Å². The number of rotatable bonds is 7. The Morgan fingerprint density at radius 1 is 1.10 bits per heavy atom. The molecule has 0 bridgehead atoms.